The summed E-state index contributed by atoms with van der Waals surface area (Å²) in [4.78, 5) is 28.0. The fraction of sp³-hybridized carbons (Fsp3) is 0.462. The van der Waals surface area contributed by atoms with E-state index in [1.165, 1.54) is 11.1 Å². The Morgan fingerprint density at radius 1 is 1.12 bits per heavy atom. The van der Waals surface area contributed by atoms with Gasteiger partial charge >= 0.3 is 0 Å². The van der Waals surface area contributed by atoms with Crippen LogP contribution in [0.2, 0.25) is 0 Å². The van der Waals surface area contributed by atoms with Gasteiger partial charge in [0.05, 0.1) is 11.7 Å². The van der Waals surface area contributed by atoms with Gasteiger partial charge in [0.2, 0.25) is 5.91 Å². The Balaban J connectivity index is 1.59. The average Bonchev–Trinajstić information content (AvgIpc) is 3.30. The van der Waals surface area contributed by atoms with E-state index in [2.05, 4.69) is 39.8 Å². The van der Waals surface area contributed by atoms with Crippen molar-refractivity contribution in [1.82, 2.24) is 5.32 Å². The smallest absolute Gasteiger partial charge is 0.253 e. The highest BCUT2D eigenvalue weighted by Crippen LogP contribution is 2.30. The van der Waals surface area contributed by atoms with Gasteiger partial charge in [-0.05, 0) is 48.6 Å². The van der Waals surface area contributed by atoms with E-state index in [9.17, 15) is 9.59 Å². The zero-order valence-corrected chi connectivity index (χ0v) is 19.2. The van der Waals surface area contributed by atoms with Crippen molar-refractivity contribution in [2.24, 2.45) is 5.41 Å². The van der Waals surface area contributed by atoms with Gasteiger partial charge in [0.15, 0.2) is 0 Å². The van der Waals surface area contributed by atoms with Crippen LogP contribution >= 0.6 is 0 Å². The molecule has 6 heteroatoms. The van der Waals surface area contributed by atoms with Gasteiger partial charge in [0.1, 0.15) is 0 Å². The Hall–Kier alpha value is -2.86. The van der Waals surface area contributed by atoms with Crippen molar-refractivity contribution in [3.05, 3.63) is 59.2 Å². The van der Waals surface area contributed by atoms with E-state index in [0.29, 0.717) is 17.8 Å². The van der Waals surface area contributed by atoms with Crippen molar-refractivity contribution in [1.29, 1.82) is 0 Å². The van der Waals surface area contributed by atoms with E-state index in [4.69, 9.17) is 4.74 Å². The number of amides is 2. The topological polar surface area (TPSA) is 70.7 Å². The highest BCUT2D eigenvalue weighted by atomic mass is 16.5. The Bertz CT molecular complexity index is 990. The molecule has 6 nitrogen and oxygen atoms in total. The first-order chi connectivity index (χ1) is 15.3. The molecule has 32 heavy (non-hydrogen) atoms. The Labute approximate surface area is 190 Å². The van der Waals surface area contributed by atoms with Crippen LogP contribution in [-0.4, -0.2) is 37.6 Å². The van der Waals surface area contributed by atoms with Crippen LogP contribution in [-0.2, 0) is 22.5 Å². The molecule has 2 heterocycles. The molecule has 2 N–H and O–H groups in total. The lowest BCUT2D eigenvalue weighted by Crippen LogP contribution is -2.35. The maximum atomic E-state index is 13.2. The van der Waals surface area contributed by atoms with Crippen LogP contribution in [0.1, 0.15) is 55.1 Å². The van der Waals surface area contributed by atoms with E-state index in [1.807, 2.05) is 32.9 Å². The molecule has 1 fully saturated rings. The number of nitrogens with one attached hydrogen (secondary N) is 2. The number of hydrogen-bond donors (Lipinski definition) is 2. The second-order valence-corrected chi connectivity index (χ2v) is 9.72. The molecule has 170 valence electrons. The van der Waals surface area contributed by atoms with Crippen LogP contribution in [0.4, 0.5) is 11.4 Å². The Kier molecular flexibility index (Phi) is 6.51. The van der Waals surface area contributed by atoms with E-state index < -0.39 is 5.41 Å². The summed E-state index contributed by atoms with van der Waals surface area (Å²) in [5.41, 5.74) is 4.23. The third kappa shape index (κ3) is 5.13. The minimum absolute atomic E-state index is 0.0769. The maximum absolute atomic E-state index is 13.2. The van der Waals surface area contributed by atoms with Gasteiger partial charge < -0.3 is 20.3 Å². The summed E-state index contributed by atoms with van der Waals surface area (Å²) in [6, 6.07) is 14.1. The van der Waals surface area contributed by atoms with Crippen LogP contribution < -0.4 is 15.5 Å². The van der Waals surface area contributed by atoms with E-state index in [0.717, 1.165) is 44.6 Å². The van der Waals surface area contributed by atoms with Gasteiger partial charge in [-0.15, -0.1) is 0 Å². The lowest BCUT2D eigenvalue weighted by molar-refractivity contribution is -0.123. The number of nitrogens with zero attached hydrogens (tertiary/aromatic N) is 1. The van der Waals surface area contributed by atoms with Crippen LogP contribution in [0.25, 0.3) is 0 Å². The van der Waals surface area contributed by atoms with Crippen molar-refractivity contribution in [3.8, 4) is 0 Å². The van der Waals surface area contributed by atoms with Gasteiger partial charge in [-0.1, -0.05) is 45.0 Å². The van der Waals surface area contributed by atoms with Crippen molar-refractivity contribution >= 4 is 23.2 Å². The van der Waals surface area contributed by atoms with Gasteiger partial charge in [-0.2, -0.15) is 0 Å². The van der Waals surface area contributed by atoms with Crippen LogP contribution in [0.5, 0.6) is 0 Å². The molecule has 0 radical (unpaired) electrons. The van der Waals surface area contributed by atoms with Crippen LogP contribution in [0, 0.1) is 5.41 Å². The number of benzene rings is 2. The predicted octanol–water partition coefficient (Wildman–Crippen LogP) is 4.14. The van der Waals surface area contributed by atoms with E-state index in [1.54, 1.807) is 6.07 Å². The third-order valence-corrected chi connectivity index (χ3v) is 6.17. The third-order valence-electron chi connectivity index (χ3n) is 6.17. The molecule has 0 aliphatic carbocycles. The molecule has 1 saturated heterocycles. The molecule has 2 aliphatic heterocycles. The lowest BCUT2D eigenvalue weighted by Gasteiger charge is -2.32. The Morgan fingerprint density at radius 2 is 1.91 bits per heavy atom. The summed E-state index contributed by atoms with van der Waals surface area (Å²) in [5, 5.41) is 6.01. The molecular weight excluding hydrogens is 402 g/mol. The number of fused-ring (bicyclic) bond motifs is 1. The van der Waals surface area contributed by atoms with E-state index in [-0.39, 0.29) is 17.9 Å². The monoisotopic (exact) mass is 435 g/mol. The van der Waals surface area contributed by atoms with Crippen molar-refractivity contribution in [2.45, 2.75) is 52.7 Å². The molecule has 1 atom stereocenters. The number of ether oxygens (including phenoxy) is 1. The molecule has 1 unspecified atom stereocenters. The largest absolute Gasteiger partial charge is 0.376 e. The molecular formula is C26H33N3O3. The molecule has 0 aromatic heterocycles. The van der Waals surface area contributed by atoms with Gasteiger partial charge in [-0.25, -0.2) is 0 Å². The normalized spacial score (nSPS) is 18.2. The quantitative estimate of drug-likeness (QED) is 0.740. The van der Waals surface area contributed by atoms with Crippen LogP contribution in [0.3, 0.4) is 0 Å². The van der Waals surface area contributed by atoms with Gasteiger partial charge in [0, 0.05) is 43.0 Å². The average molecular weight is 436 g/mol. The molecule has 0 bridgehead atoms. The summed E-state index contributed by atoms with van der Waals surface area (Å²) in [5.74, 6) is -0.218. The maximum Gasteiger partial charge on any atom is 0.253 e. The fourth-order valence-corrected chi connectivity index (χ4v) is 4.20. The molecule has 2 aliphatic rings. The molecule has 0 spiro atoms. The second kappa shape index (κ2) is 9.33. The highest BCUT2D eigenvalue weighted by molar-refractivity contribution is 6.02. The predicted molar refractivity (Wildman–Crippen MR) is 127 cm³/mol. The lowest BCUT2D eigenvalue weighted by atomic mass is 9.95. The van der Waals surface area contributed by atoms with Crippen molar-refractivity contribution < 1.29 is 14.3 Å². The number of anilines is 2. The molecule has 2 aromatic carbocycles. The van der Waals surface area contributed by atoms with Crippen LogP contribution in [0.15, 0.2) is 42.5 Å². The van der Waals surface area contributed by atoms with Gasteiger partial charge in [0.25, 0.3) is 5.91 Å². The number of carbonyl (C=O) groups excluding carboxylic acids is 2. The minimum atomic E-state index is -0.516. The first-order valence-electron chi connectivity index (χ1n) is 11.5. The molecule has 4 rings (SSSR count). The van der Waals surface area contributed by atoms with E-state index >= 15 is 0 Å². The first-order valence-corrected chi connectivity index (χ1v) is 11.5. The number of rotatable bonds is 5. The van der Waals surface area contributed by atoms with Crippen molar-refractivity contribution in [3.63, 3.8) is 0 Å². The van der Waals surface area contributed by atoms with Crippen molar-refractivity contribution in [2.75, 3.05) is 29.9 Å². The SMILES string of the molecule is CC(C)(C)C(=O)Nc1ccc(N2CCc3ccccc3C2)c(C(=O)NCC2CCCO2)c1. The minimum Gasteiger partial charge on any atom is -0.376 e. The standard InChI is InChI=1S/C26H33N3O3/c1-26(2,3)25(31)28-20-10-11-23(29-13-12-18-7-4-5-8-19(18)17-29)22(15-20)24(30)27-16-21-9-6-14-32-21/h4-5,7-8,10-11,15,21H,6,9,12-14,16-17H2,1-3H3,(H,27,30)(H,28,31). The summed E-state index contributed by atoms with van der Waals surface area (Å²) in [6.45, 7) is 8.48. The second-order valence-electron chi connectivity index (χ2n) is 9.72. The summed E-state index contributed by atoms with van der Waals surface area (Å²) in [7, 11) is 0. The number of hydrogen-bond acceptors (Lipinski definition) is 4. The number of carbonyl (C=O) groups is 2. The Morgan fingerprint density at radius 3 is 2.62 bits per heavy atom. The summed E-state index contributed by atoms with van der Waals surface area (Å²) < 4.78 is 5.66. The summed E-state index contributed by atoms with van der Waals surface area (Å²) >= 11 is 0. The fourth-order valence-electron chi connectivity index (χ4n) is 4.20. The zero-order chi connectivity index (χ0) is 22.7. The molecule has 2 aromatic rings. The van der Waals surface area contributed by atoms with Gasteiger partial charge in [-0.3, -0.25) is 9.59 Å². The zero-order valence-electron chi connectivity index (χ0n) is 19.2. The first kappa shape index (κ1) is 22.3. The molecule has 2 amide bonds. The highest BCUT2D eigenvalue weighted by Gasteiger charge is 2.25. The molecule has 0 saturated carbocycles. The summed E-state index contributed by atoms with van der Waals surface area (Å²) in [6.07, 6.45) is 3.02.